The van der Waals surface area contributed by atoms with Crippen molar-refractivity contribution in [1.82, 2.24) is 9.88 Å². The molecule has 3 N–H and O–H groups in total. The first kappa shape index (κ1) is 27.1. The second-order valence-electron chi connectivity index (χ2n) is 8.79. The van der Waals surface area contributed by atoms with Gasteiger partial charge in [0.2, 0.25) is 0 Å². The predicted molar refractivity (Wildman–Crippen MR) is 137 cm³/mol. The number of carbonyl (C=O) groups is 1. The Balaban J connectivity index is 1.60. The second kappa shape index (κ2) is 11.6. The summed E-state index contributed by atoms with van der Waals surface area (Å²) in [6.07, 6.45) is -5.01. The van der Waals surface area contributed by atoms with E-state index in [4.69, 9.17) is 9.47 Å². The van der Waals surface area contributed by atoms with Crippen molar-refractivity contribution in [3.8, 4) is 17.6 Å². The maximum Gasteiger partial charge on any atom is 0.406 e. The van der Waals surface area contributed by atoms with E-state index in [1.807, 2.05) is 0 Å². The molecule has 0 unspecified atom stereocenters. The summed E-state index contributed by atoms with van der Waals surface area (Å²) in [6, 6.07) is 10.8. The Hall–Kier alpha value is -3.91. The van der Waals surface area contributed by atoms with E-state index in [1.165, 1.54) is 20.3 Å². The minimum atomic E-state index is -4.46. The van der Waals surface area contributed by atoms with Crippen LogP contribution in [0.1, 0.15) is 22.5 Å². The van der Waals surface area contributed by atoms with Gasteiger partial charge in [-0.1, -0.05) is 12.0 Å². The largest absolute Gasteiger partial charge is 0.495 e. The monoisotopic (exact) mass is 532 g/mol. The zero-order valence-electron chi connectivity index (χ0n) is 20.9. The number of benzene rings is 2. The van der Waals surface area contributed by atoms with Gasteiger partial charge in [-0.2, -0.15) is 13.2 Å². The number of methoxy groups -OCH3 is 2. The highest BCUT2D eigenvalue weighted by Gasteiger charge is 2.30. The maximum atomic E-state index is 14.4. The van der Waals surface area contributed by atoms with Crippen LogP contribution >= 0.6 is 0 Å². The van der Waals surface area contributed by atoms with Gasteiger partial charge in [-0.3, -0.25) is 0 Å². The number of piperidine rings is 1. The maximum absolute atomic E-state index is 14.4. The molecule has 0 spiro atoms. The summed E-state index contributed by atoms with van der Waals surface area (Å²) in [7, 11) is 2.72. The third-order valence-electron chi connectivity index (χ3n) is 6.24. The van der Waals surface area contributed by atoms with E-state index in [2.05, 4.69) is 27.8 Å². The summed E-state index contributed by atoms with van der Waals surface area (Å²) in [6.45, 7) is -0.226. The molecule has 11 heteroatoms. The molecule has 2 heterocycles. The highest BCUT2D eigenvalue weighted by Crippen LogP contribution is 2.31. The first-order chi connectivity index (χ1) is 18.2. The first-order valence-corrected chi connectivity index (χ1v) is 12.0. The molecule has 2 atom stereocenters. The number of fused-ring (bicyclic) bond motifs is 1. The summed E-state index contributed by atoms with van der Waals surface area (Å²) in [5, 5.41) is 9.76. The van der Waals surface area contributed by atoms with Crippen LogP contribution in [0.15, 0.2) is 42.5 Å². The van der Waals surface area contributed by atoms with Crippen molar-refractivity contribution in [1.29, 1.82) is 0 Å². The van der Waals surface area contributed by atoms with Crippen molar-refractivity contribution >= 4 is 28.2 Å². The quantitative estimate of drug-likeness (QED) is 0.235. The predicted octanol–water partition coefficient (Wildman–Crippen LogP) is 4.57. The molecule has 1 fully saturated rings. The zero-order valence-corrected chi connectivity index (χ0v) is 20.9. The standard InChI is InChI=1S/C27H28F4N4O3/c1-37-25-13-17(26(36)38-2)8-9-23(25)33-11-4-5-18-14-19-21(34-22-10-12-32-15-20(22)28)6-3-7-24(19)35(18)16-27(29,30)31/h3,6-9,13-14,20,22,32-34H,10-12,15-16H2,1-2H3/t20-,22-/m0/s1. The third-order valence-corrected chi connectivity index (χ3v) is 6.24. The van der Waals surface area contributed by atoms with Crippen molar-refractivity contribution in [2.45, 2.75) is 31.4 Å². The normalized spacial score (nSPS) is 17.4. The number of hydrogen-bond acceptors (Lipinski definition) is 6. The van der Waals surface area contributed by atoms with E-state index >= 15 is 0 Å². The molecule has 2 aromatic carbocycles. The Morgan fingerprint density at radius 3 is 2.71 bits per heavy atom. The molecule has 1 saturated heterocycles. The third kappa shape index (κ3) is 6.31. The van der Waals surface area contributed by atoms with Crippen LogP contribution in [-0.4, -0.2) is 62.8 Å². The van der Waals surface area contributed by atoms with Gasteiger partial charge in [-0.15, -0.1) is 0 Å². The lowest BCUT2D eigenvalue weighted by atomic mass is 10.0. The molecule has 3 aromatic rings. The summed E-state index contributed by atoms with van der Waals surface area (Å²) in [5.74, 6) is 5.57. The average Bonchev–Trinajstić information content (AvgIpc) is 3.24. The van der Waals surface area contributed by atoms with Crippen LogP contribution < -0.4 is 20.7 Å². The van der Waals surface area contributed by atoms with Crippen LogP contribution in [0.25, 0.3) is 10.9 Å². The Bertz CT molecular complexity index is 1360. The molecular formula is C27H28F4N4O3. The number of hydrogen-bond donors (Lipinski definition) is 3. The molecule has 0 radical (unpaired) electrons. The van der Waals surface area contributed by atoms with Crippen molar-refractivity contribution in [2.75, 3.05) is 44.5 Å². The van der Waals surface area contributed by atoms with Gasteiger partial charge in [0.25, 0.3) is 0 Å². The number of rotatable bonds is 7. The van der Waals surface area contributed by atoms with Crippen molar-refractivity contribution in [3.05, 3.63) is 53.7 Å². The molecule has 0 saturated carbocycles. The summed E-state index contributed by atoms with van der Waals surface area (Å²) in [4.78, 5) is 11.7. The van der Waals surface area contributed by atoms with E-state index < -0.39 is 30.9 Å². The number of anilines is 2. The Labute approximate surface area is 217 Å². The lowest BCUT2D eigenvalue weighted by Crippen LogP contribution is -2.45. The van der Waals surface area contributed by atoms with Gasteiger partial charge in [0, 0.05) is 17.6 Å². The van der Waals surface area contributed by atoms with E-state index in [0.717, 1.165) is 4.57 Å². The number of ether oxygens (including phenoxy) is 2. The van der Waals surface area contributed by atoms with Gasteiger partial charge in [-0.25, -0.2) is 9.18 Å². The van der Waals surface area contributed by atoms with Crippen LogP contribution in [0.5, 0.6) is 5.75 Å². The lowest BCUT2D eigenvalue weighted by molar-refractivity contribution is -0.140. The smallest absolute Gasteiger partial charge is 0.406 e. The van der Waals surface area contributed by atoms with Crippen molar-refractivity contribution < 1.29 is 31.8 Å². The van der Waals surface area contributed by atoms with Gasteiger partial charge in [0.05, 0.1) is 49.3 Å². The minimum Gasteiger partial charge on any atom is -0.495 e. The summed E-state index contributed by atoms with van der Waals surface area (Å²) >= 11 is 0. The van der Waals surface area contributed by atoms with E-state index in [1.54, 1.807) is 36.4 Å². The Kier molecular flexibility index (Phi) is 8.32. The second-order valence-corrected chi connectivity index (χ2v) is 8.79. The SMILES string of the molecule is COC(=O)c1ccc(NCC#Cc2cc3c(N[C@H]4CCNC[C@@H]4F)cccc3n2CC(F)(F)F)c(OC)c1. The van der Waals surface area contributed by atoms with Crippen LogP contribution in [0.4, 0.5) is 28.9 Å². The van der Waals surface area contributed by atoms with Gasteiger partial charge in [0.15, 0.2) is 0 Å². The van der Waals surface area contributed by atoms with E-state index in [0.29, 0.717) is 46.6 Å². The number of nitrogens with one attached hydrogen (secondary N) is 3. The van der Waals surface area contributed by atoms with Gasteiger partial charge in [0.1, 0.15) is 18.5 Å². The first-order valence-electron chi connectivity index (χ1n) is 12.0. The molecule has 202 valence electrons. The van der Waals surface area contributed by atoms with Crippen LogP contribution in [-0.2, 0) is 11.3 Å². The van der Waals surface area contributed by atoms with Gasteiger partial charge in [-0.05, 0) is 55.3 Å². The van der Waals surface area contributed by atoms with Crippen LogP contribution in [0.3, 0.4) is 0 Å². The number of esters is 1. The van der Waals surface area contributed by atoms with E-state index in [-0.39, 0.29) is 18.8 Å². The molecule has 1 aliphatic heterocycles. The van der Waals surface area contributed by atoms with Crippen molar-refractivity contribution in [3.63, 3.8) is 0 Å². The topological polar surface area (TPSA) is 76.5 Å². The zero-order chi connectivity index (χ0) is 27.3. The fourth-order valence-corrected chi connectivity index (χ4v) is 4.40. The number of nitrogens with zero attached hydrogens (tertiary/aromatic N) is 1. The molecule has 7 nitrogen and oxygen atoms in total. The number of alkyl halides is 4. The minimum absolute atomic E-state index is 0.102. The Morgan fingerprint density at radius 1 is 1.18 bits per heavy atom. The molecule has 1 aliphatic rings. The summed E-state index contributed by atoms with van der Waals surface area (Å²) in [5.41, 5.74) is 1.97. The fraction of sp³-hybridized carbons (Fsp3) is 0.370. The molecular weight excluding hydrogens is 504 g/mol. The van der Waals surface area contributed by atoms with Crippen LogP contribution in [0.2, 0.25) is 0 Å². The highest BCUT2D eigenvalue weighted by atomic mass is 19.4. The number of aromatic nitrogens is 1. The van der Waals surface area contributed by atoms with Gasteiger partial charge < -0.3 is 30.0 Å². The molecule has 0 aliphatic carbocycles. The number of carbonyl (C=O) groups excluding carboxylic acids is 1. The van der Waals surface area contributed by atoms with E-state index in [9.17, 15) is 22.4 Å². The summed E-state index contributed by atoms with van der Waals surface area (Å²) < 4.78 is 65.9. The number of halogens is 4. The molecule has 1 aromatic heterocycles. The molecule has 4 rings (SSSR count). The lowest BCUT2D eigenvalue weighted by Gasteiger charge is -2.28. The average molecular weight is 533 g/mol. The Morgan fingerprint density at radius 2 is 2.00 bits per heavy atom. The van der Waals surface area contributed by atoms with Crippen LogP contribution in [0, 0.1) is 11.8 Å². The highest BCUT2D eigenvalue weighted by molar-refractivity contribution is 5.94. The molecule has 0 bridgehead atoms. The van der Waals surface area contributed by atoms with Gasteiger partial charge >= 0.3 is 12.1 Å². The fourth-order valence-electron chi connectivity index (χ4n) is 4.40. The van der Waals surface area contributed by atoms with Crippen molar-refractivity contribution in [2.24, 2.45) is 0 Å². The molecule has 0 amide bonds. The molecule has 38 heavy (non-hydrogen) atoms.